The largest absolute Gasteiger partial charge is 0.382 e. The Kier molecular flexibility index (Phi) is 3.66. The molecule has 108 valence electrons. The van der Waals surface area contributed by atoms with Crippen LogP contribution in [0.1, 0.15) is 25.3 Å². The number of nitrogens with one attached hydrogen (secondary N) is 1. The number of nitrogens with two attached hydrogens (primary N) is 1. The fourth-order valence-electron chi connectivity index (χ4n) is 2.30. The summed E-state index contributed by atoms with van der Waals surface area (Å²) in [6.45, 7) is 5.65. The van der Waals surface area contributed by atoms with E-state index in [1.807, 2.05) is 0 Å². The van der Waals surface area contributed by atoms with Gasteiger partial charge in [-0.25, -0.2) is 0 Å². The van der Waals surface area contributed by atoms with Crippen molar-refractivity contribution in [2.24, 2.45) is 0 Å². The first-order valence-corrected chi connectivity index (χ1v) is 6.75. The van der Waals surface area contributed by atoms with Crippen molar-refractivity contribution in [3.05, 3.63) is 11.9 Å². The molecule has 0 spiro atoms. The summed E-state index contributed by atoms with van der Waals surface area (Å²) in [6, 6.07) is 1.66. The molecule has 8 nitrogen and oxygen atoms in total. The van der Waals surface area contributed by atoms with Gasteiger partial charge in [0.2, 0.25) is 5.82 Å². The van der Waals surface area contributed by atoms with E-state index in [-0.39, 0.29) is 6.10 Å². The van der Waals surface area contributed by atoms with E-state index in [4.69, 9.17) is 15.0 Å². The van der Waals surface area contributed by atoms with Crippen LogP contribution in [-0.2, 0) is 4.74 Å². The smallest absolute Gasteiger partial charge is 0.276 e. The Balaban J connectivity index is 1.73. The van der Waals surface area contributed by atoms with Gasteiger partial charge in [-0.1, -0.05) is 12.1 Å². The summed E-state index contributed by atoms with van der Waals surface area (Å²) in [5, 5.41) is 10.6. The first-order valence-electron chi connectivity index (χ1n) is 6.75. The third-order valence-electron chi connectivity index (χ3n) is 3.25. The maximum Gasteiger partial charge on any atom is 0.276 e. The van der Waals surface area contributed by atoms with Crippen LogP contribution in [0.4, 0.5) is 5.82 Å². The highest BCUT2D eigenvalue weighted by molar-refractivity contribution is 5.51. The van der Waals surface area contributed by atoms with Crippen LogP contribution in [0.15, 0.2) is 10.6 Å². The van der Waals surface area contributed by atoms with E-state index < -0.39 is 0 Å². The monoisotopic (exact) mass is 278 g/mol. The summed E-state index contributed by atoms with van der Waals surface area (Å²) in [6.07, 6.45) is 0.977. The molecule has 0 radical (unpaired) electrons. The second-order valence-electron chi connectivity index (χ2n) is 4.82. The number of hydrogen-bond acceptors (Lipinski definition) is 7. The van der Waals surface area contributed by atoms with E-state index in [2.05, 4.69) is 32.2 Å². The molecule has 1 aliphatic heterocycles. The first kappa shape index (κ1) is 13.1. The van der Waals surface area contributed by atoms with Crippen molar-refractivity contribution in [1.82, 2.24) is 25.2 Å². The highest BCUT2D eigenvalue weighted by Crippen LogP contribution is 2.23. The average Bonchev–Trinajstić information content (AvgIpc) is 3.08. The summed E-state index contributed by atoms with van der Waals surface area (Å²) in [4.78, 5) is 6.70. The van der Waals surface area contributed by atoms with Crippen molar-refractivity contribution in [1.29, 1.82) is 0 Å². The number of nitrogens with zero attached hydrogens (tertiary/aromatic N) is 4. The molecule has 1 aliphatic rings. The van der Waals surface area contributed by atoms with Crippen molar-refractivity contribution in [3.8, 4) is 11.6 Å². The predicted octanol–water partition coefficient (Wildman–Crippen LogP) is 0.825. The number of anilines is 1. The Morgan fingerprint density at radius 3 is 3.20 bits per heavy atom. The van der Waals surface area contributed by atoms with Gasteiger partial charge in [0.25, 0.3) is 5.89 Å². The maximum absolute atomic E-state index is 5.72. The van der Waals surface area contributed by atoms with Crippen LogP contribution in [0.5, 0.6) is 0 Å². The summed E-state index contributed by atoms with van der Waals surface area (Å²) >= 11 is 0. The Bertz CT molecular complexity index is 564. The molecular weight excluding hydrogens is 260 g/mol. The molecule has 20 heavy (non-hydrogen) atoms. The third-order valence-corrected chi connectivity index (χ3v) is 3.25. The van der Waals surface area contributed by atoms with Gasteiger partial charge in [-0.15, -0.1) is 0 Å². The van der Waals surface area contributed by atoms with Crippen molar-refractivity contribution >= 4 is 5.82 Å². The van der Waals surface area contributed by atoms with Gasteiger partial charge < -0.3 is 15.0 Å². The lowest BCUT2D eigenvalue weighted by atomic mass is 10.2. The van der Waals surface area contributed by atoms with Gasteiger partial charge in [-0.05, 0) is 13.0 Å². The maximum atomic E-state index is 5.72. The summed E-state index contributed by atoms with van der Waals surface area (Å²) < 4.78 is 10.9. The fraction of sp³-hybridized carbons (Fsp3) is 0.583. The van der Waals surface area contributed by atoms with E-state index in [1.165, 1.54) is 0 Å². The molecule has 1 atom stereocenters. The van der Waals surface area contributed by atoms with Crippen molar-refractivity contribution < 1.29 is 9.26 Å². The Hall–Kier alpha value is -1.93. The SMILES string of the molecule is CCCN1CCOC(c2noc(-c3cc(N)n[nH]3)n2)C1. The molecule has 3 heterocycles. The van der Waals surface area contributed by atoms with E-state index in [9.17, 15) is 0 Å². The highest BCUT2D eigenvalue weighted by Gasteiger charge is 2.26. The van der Waals surface area contributed by atoms with Crippen LogP contribution in [0.3, 0.4) is 0 Å². The van der Waals surface area contributed by atoms with Crippen molar-refractivity contribution in [2.45, 2.75) is 19.4 Å². The van der Waals surface area contributed by atoms with Gasteiger partial charge in [0.05, 0.1) is 6.61 Å². The molecule has 0 bridgehead atoms. The van der Waals surface area contributed by atoms with Crippen LogP contribution in [0.25, 0.3) is 11.6 Å². The van der Waals surface area contributed by atoms with Crippen LogP contribution < -0.4 is 5.73 Å². The zero-order chi connectivity index (χ0) is 13.9. The molecule has 0 amide bonds. The fourth-order valence-corrected chi connectivity index (χ4v) is 2.30. The number of aromatic amines is 1. The van der Waals surface area contributed by atoms with Crippen molar-refractivity contribution in [3.63, 3.8) is 0 Å². The van der Waals surface area contributed by atoms with Crippen LogP contribution in [0.2, 0.25) is 0 Å². The van der Waals surface area contributed by atoms with Gasteiger partial charge in [0.1, 0.15) is 17.6 Å². The minimum Gasteiger partial charge on any atom is -0.382 e. The number of aromatic nitrogens is 4. The summed E-state index contributed by atoms with van der Waals surface area (Å²) in [7, 11) is 0. The molecule has 3 rings (SSSR count). The third kappa shape index (κ3) is 2.66. The molecule has 2 aromatic rings. The topological polar surface area (TPSA) is 106 Å². The Morgan fingerprint density at radius 2 is 2.45 bits per heavy atom. The molecule has 1 unspecified atom stereocenters. The average molecular weight is 278 g/mol. The standard InChI is InChI=1S/C12H18N6O2/c1-2-3-18-4-5-19-9(7-18)11-14-12(20-17-11)8-6-10(13)16-15-8/h6,9H,2-5,7H2,1H3,(H3,13,15,16). The Morgan fingerprint density at radius 1 is 1.55 bits per heavy atom. The molecule has 1 fully saturated rings. The highest BCUT2D eigenvalue weighted by atomic mass is 16.5. The molecule has 3 N–H and O–H groups in total. The van der Waals surface area contributed by atoms with Gasteiger partial charge in [-0.3, -0.25) is 10.00 Å². The first-order chi connectivity index (χ1) is 9.76. The van der Waals surface area contributed by atoms with Gasteiger partial charge in [0, 0.05) is 19.2 Å². The predicted molar refractivity (Wildman–Crippen MR) is 71.7 cm³/mol. The summed E-state index contributed by atoms with van der Waals surface area (Å²) in [5.74, 6) is 1.33. The lowest BCUT2D eigenvalue weighted by Gasteiger charge is -2.30. The summed E-state index contributed by atoms with van der Waals surface area (Å²) in [5.41, 5.74) is 6.17. The normalized spacial score (nSPS) is 20.4. The number of nitrogen functional groups attached to an aromatic ring is 1. The second-order valence-corrected chi connectivity index (χ2v) is 4.82. The van der Waals surface area contributed by atoms with Crippen LogP contribution in [0, 0.1) is 0 Å². The van der Waals surface area contributed by atoms with Gasteiger partial charge in [-0.2, -0.15) is 10.1 Å². The van der Waals surface area contributed by atoms with E-state index in [0.29, 0.717) is 29.8 Å². The van der Waals surface area contributed by atoms with E-state index in [1.54, 1.807) is 6.07 Å². The number of morpholine rings is 1. The van der Waals surface area contributed by atoms with E-state index in [0.717, 1.165) is 26.1 Å². The Labute approximate surface area is 116 Å². The molecule has 0 saturated carbocycles. The van der Waals surface area contributed by atoms with Crippen molar-refractivity contribution in [2.75, 3.05) is 32.0 Å². The molecule has 1 saturated heterocycles. The van der Waals surface area contributed by atoms with Gasteiger partial charge >= 0.3 is 0 Å². The molecular formula is C12H18N6O2. The lowest BCUT2D eigenvalue weighted by molar-refractivity contribution is -0.0350. The molecule has 8 heteroatoms. The van der Waals surface area contributed by atoms with Crippen LogP contribution >= 0.6 is 0 Å². The minimum atomic E-state index is -0.145. The second kappa shape index (κ2) is 5.59. The molecule has 0 aliphatic carbocycles. The zero-order valence-corrected chi connectivity index (χ0v) is 11.4. The number of rotatable bonds is 4. The quantitative estimate of drug-likeness (QED) is 0.852. The van der Waals surface area contributed by atoms with E-state index >= 15 is 0 Å². The number of ether oxygens (including phenoxy) is 1. The number of H-pyrrole nitrogens is 1. The minimum absolute atomic E-state index is 0.145. The molecule has 0 aromatic carbocycles. The molecule has 2 aromatic heterocycles. The van der Waals surface area contributed by atoms with Gasteiger partial charge in [0.15, 0.2) is 0 Å². The van der Waals surface area contributed by atoms with Crippen LogP contribution in [-0.4, -0.2) is 51.5 Å². The number of hydrogen-bond donors (Lipinski definition) is 2. The lowest BCUT2D eigenvalue weighted by Crippen LogP contribution is -2.39. The zero-order valence-electron chi connectivity index (χ0n) is 11.4.